The zero-order valence-electron chi connectivity index (χ0n) is 13.4. The number of hydrogen-bond acceptors (Lipinski definition) is 5. The first-order valence-electron chi connectivity index (χ1n) is 7.17. The van der Waals surface area contributed by atoms with Crippen molar-refractivity contribution in [2.24, 2.45) is 0 Å². The van der Waals surface area contributed by atoms with Gasteiger partial charge in [0.05, 0.1) is 16.6 Å². The molecule has 1 heterocycles. The molecule has 2 rings (SSSR count). The first-order valence-corrected chi connectivity index (χ1v) is 7.55. The summed E-state index contributed by atoms with van der Waals surface area (Å²) in [6.07, 6.45) is 0. The molecule has 1 atom stereocenters. The Balaban J connectivity index is 2.09. The van der Waals surface area contributed by atoms with E-state index in [1.54, 1.807) is 26.8 Å². The van der Waals surface area contributed by atoms with Gasteiger partial charge >= 0.3 is 5.97 Å². The predicted octanol–water partition coefficient (Wildman–Crippen LogP) is 3.15. The van der Waals surface area contributed by atoms with Gasteiger partial charge in [-0.05, 0) is 39.0 Å². The number of aromatic nitrogens is 1. The van der Waals surface area contributed by atoms with Crippen LogP contribution in [0.3, 0.4) is 0 Å². The monoisotopic (exact) mass is 352 g/mol. The van der Waals surface area contributed by atoms with Crippen LogP contribution in [0.4, 0.5) is 5.69 Å². The molecule has 0 aliphatic heterocycles. The molecule has 1 aromatic heterocycles. The number of aryl methyl sites for hydroxylation is 2. The Morgan fingerprint density at radius 1 is 1.42 bits per heavy atom. The Bertz CT molecular complexity index is 752. The van der Waals surface area contributed by atoms with Crippen molar-refractivity contribution in [3.8, 4) is 5.75 Å². The van der Waals surface area contributed by atoms with Crippen LogP contribution in [0, 0.1) is 13.8 Å². The van der Waals surface area contributed by atoms with Gasteiger partial charge in [-0.1, -0.05) is 16.8 Å². The van der Waals surface area contributed by atoms with Crippen molar-refractivity contribution < 1.29 is 24.0 Å². The van der Waals surface area contributed by atoms with Crippen molar-refractivity contribution in [3.63, 3.8) is 0 Å². The van der Waals surface area contributed by atoms with Gasteiger partial charge in [0, 0.05) is 11.3 Å². The zero-order valence-corrected chi connectivity index (χ0v) is 14.2. The summed E-state index contributed by atoms with van der Waals surface area (Å²) in [7, 11) is 0. The largest absolute Gasteiger partial charge is 0.480 e. The van der Waals surface area contributed by atoms with Crippen molar-refractivity contribution in [1.29, 1.82) is 0 Å². The molecule has 24 heavy (non-hydrogen) atoms. The second-order valence-electron chi connectivity index (χ2n) is 5.28. The molecular formula is C16H17ClN2O5. The number of amides is 1. The van der Waals surface area contributed by atoms with Crippen LogP contribution in [0.5, 0.6) is 5.75 Å². The van der Waals surface area contributed by atoms with Gasteiger partial charge < -0.3 is 19.7 Å². The number of nitrogens with zero attached hydrogens (tertiary/aromatic N) is 1. The highest BCUT2D eigenvalue weighted by Gasteiger charge is 2.23. The number of carboxylic acid groups (broad SMARTS) is 1. The molecule has 0 radical (unpaired) electrons. The minimum absolute atomic E-state index is 0.207. The van der Waals surface area contributed by atoms with Gasteiger partial charge in [-0.25, -0.2) is 4.79 Å². The average molecular weight is 353 g/mol. The maximum atomic E-state index is 12.4. The molecule has 128 valence electrons. The SMILES string of the molecule is Cc1noc(C)c1C(C)C(=O)Nc1ccc(OCC(=O)O)c(Cl)c1. The summed E-state index contributed by atoms with van der Waals surface area (Å²) in [6.45, 7) is 4.80. The van der Waals surface area contributed by atoms with Crippen LogP contribution in [-0.4, -0.2) is 28.7 Å². The van der Waals surface area contributed by atoms with E-state index in [1.807, 2.05) is 0 Å². The molecule has 0 aliphatic rings. The molecule has 2 aromatic rings. The third-order valence-corrected chi connectivity index (χ3v) is 3.76. The van der Waals surface area contributed by atoms with Gasteiger partial charge in [0.1, 0.15) is 11.5 Å². The first-order chi connectivity index (χ1) is 11.3. The van der Waals surface area contributed by atoms with Gasteiger partial charge in [0.15, 0.2) is 6.61 Å². The zero-order chi connectivity index (χ0) is 17.9. The highest BCUT2D eigenvalue weighted by atomic mass is 35.5. The third-order valence-electron chi connectivity index (χ3n) is 3.47. The molecule has 1 amide bonds. The lowest BCUT2D eigenvalue weighted by atomic mass is 9.98. The Kier molecular flexibility index (Phi) is 5.46. The number of halogens is 1. The molecule has 0 saturated carbocycles. The number of carbonyl (C=O) groups excluding carboxylic acids is 1. The summed E-state index contributed by atoms with van der Waals surface area (Å²) in [6, 6.07) is 4.58. The minimum Gasteiger partial charge on any atom is -0.480 e. The third kappa shape index (κ3) is 4.05. The molecule has 1 aromatic carbocycles. The first kappa shape index (κ1) is 17.8. The molecular weight excluding hydrogens is 336 g/mol. The van der Waals surface area contributed by atoms with Gasteiger partial charge in [0.2, 0.25) is 5.91 Å². The maximum absolute atomic E-state index is 12.4. The Morgan fingerprint density at radius 2 is 2.12 bits per heavy atom. The molecule has 2 N–H and O–H groups in total. The fourth-order valence-electron chi connectivity index (χ4n) is 2.33. The van der Waals surface area contributed by atoms with Crippen molar-refractivity contribution in [2.75, 3.05) is 11.9 Å². The van der Waals surface area contributed by atoms with E-state index in [-0.39, 0.29) is 16.7 Å². The summed E-state index contributed by atoms with van der Waals surface area (Å²) < 4.78 is 10.1. The number of nitrogens with one attached hydrogen (secondary N) is 1. The van der Waals surface area contributed by atoms with Crippen LogP contribution in [0.15, 0.2) is 22.7 Å². The number of rotatable bonds is 6. The predicted molar refractivity (Wildman–Crippen MR) is 87.6 cm³/mol. The number of carboxylic acids is 1. The van der Waals surface area contributed by atoms with Gasteiger partial charge in [-0.15, -0.1) is 0 Å². The lowest BCUT2D eigenvalue weighted by Crippen LogP contribution is -2.19. The van der Waals surface area contributed by atoms with E-state index in [0.717, 1.165) is 5.56 Å². The Morgan fingerprint density at radius 3 is 2.67 bits per heavy atom. The van der Waals surface area contributed by atoms with E-state index in [9.17, 15) is 9.59 Å². The fourth-order valence-corrected chi connectivity index (χ4v) is 2.56. The summed E-state index contributed by atoms with van der Waals surface area (Å²) in [5.41, 5.74) is 1.90. The van der Waals surface area contributed by atoms with E-state index in [0.29, 0.717) is 17.1 Å². The van der Waals surface area contributed by atoms with Crippen molar-refractivity contribution in [3.05, 3.63) is 40.2 Å². The van der Waals surface area contributed by atoms with Crippen LogP contribution < -0.4 is 10.1 Å². The number of hydrogen-bond donors (Lipinski definition) is 2. The fraction of sp³-hybridized carbons (Fsp3) is 0.312. The highest BCUT2D eigenvalue weighted by molar-refractivity contribution is 6.32. The highest BCUT2D eigenvalue weighted by Crippen LogP contribution is 2.29. The molecule has 0 bridgehead atoms. The number of aliphatic carboxylic acids is 1. The molecule has 8 heteroatoms. The summed E-state index contributed by atoms with van der Waals surface area (Å²) in [5.74, 6) is -0.948. The smallest absolute Gasteiger partial charge is 0.341 e. The van der Waals surface area contributed by atoms with Crippen molar-refractivity contribution in [2.45, 2.75) is 26.7 Å². The van der Waals surface area contributed by atoms with Gasteiger partial charge in [-0.2, -0.15) is 0 Å². The lowest BCUT2D eigenvalue weighted by molar-refractivity contribution is -0.139. The van der Waals surface area contributed by atoms with Gasteiger partial charge in [0.25, 0.3) is 0 Å². The molecule has 1 unspecified atom stereocenters. The van der Waals surface area contributed by atoms with Crippen molar-refractivity contribution >= 4 is 29.2 Å². The normalized spacial score (nSPS) is 11.8. The number of carbonyl (C=O) groups is 2. The van der Waals surface area contributed by atoms with Crippen LogP contribution in [0.1, 0.15) is 29.9 Å². The summed E-state index contributed by atoms with van der Waals surface area (Å²) >= 11 is 6.03. The molecule has 0 fully saturated rings. The minimum atomic E-state index is -1.10. The van der Waals surface area contributed by atoms with Crippen LogP contribution in [-0.2, 0) is 9.59 Å². The second kappa shape index (κ2) is 7.35. The van der Waals surface area contributed by atoms with Crippen LogP contribution >= 0.6 is 11.6 Å². The lowest BCUT2D eigenvalue weighted by Gasteiger charge is -2.13. The molecule has 0 aliphatic carbocycles. The van der Waals surface area contributed by atoms with E-state index in [4.69, 9.17) is 26.0 Å². The number of benzene rings is 1. The van der Waals surface area contributed by atoms with Crippen molar-refractivity contribution in [1.82, 2.24) is 5.16 Å². The topological polar surface area (TPSA) is 102 Å². The second-order valence-corrected chi connectivity index (χ2v) is 5.68. The molecule has 0 saturated heterocycles. The molecule has 0 spiro atoms. The van der Waals surface area contributed by atoms with E-state index < -0.39 is 18.5 Å². The number of anilines is 1. The van der Waals surface area contributed by atoms with E-state index >= 15 is 0 Å². The Labute approximate surface area is 143 Å². The average Bonchev–Trinajstić information content (AvgIpc) is 2.84. The summed E-state index contributed by atoms with van der Waals surface area (Å²) in [4.78, 5) is 22.9. The van der Waals surface area contributed by atoms with Gasteiger partial charge in [-0.3, -0.25) is 4.79 Å². The standard InChI is InChI=1S/C16H17ClN2O5/c1-8(15-9(2)19-24-10(15)3)16(22)18-11-4-5-13(12(17)6-11)23-7-14(20)21/h4-6,8H,7H2,1-3H3,(H,18,22)(H,20,21). The summed E-state index contributed by atoms with van der Waals surface area (Å²) in [5, 5.41) is 15.4. The molecule has 7 nitrogen and oxygen atoms in total. The van der Waals surface area contributed by atoms with E-state index in [2.05, 4.69) is 10.5 Å². The Hall–Kier alpha value is -2.54. The van der Waals surface area contributed by atoms with Crippen LogP contribution in [0.2, 0.25) is 5.02 Å². The van der Waals surface area contributed by atoms with E-state index in [1.165, 1.54) is 12.1 Å². The maximum Gasteiger partial charge on any atom is 0.341 e. The van der Waals surface area contributed by atoms with Crippen LogP contribution in [0.25, 0.3) is 0 Å². The quantitative estimate of drug-likeness (QED) is 0.828. The number of ether oxygens (including phenoxy) is 1.